The number of fused-ring (bicyclic) bond motifs is 9. The zero-order valence-electron chi connectivity index (χ0n) is 32.8. The van der Waals surface area contributed by atoms with Gasteiger partial charge in [0.15, 0.2) is 5.82 Å². The highest BCUT2D eigenvalue weighted by Gasteiger charge is 2.21. The predicted molar refractivity (Wildman–Crippen MR) is 247 cm³/mol. The van der Waals surface area contributed by atoms with Crippen molar-refractivity contribution in [3.63, 3.8) is 0 Å². The van der Waals surface area contributed by atoms with E-state index >= 15 is 0 Å². The van der Waals surface area contributed by atoms with E-state index in [1.54, 1.807) is 12.2 Å². The second-order valence-electron chi connectivity index (χ2n) is 14.1. The summed E-state index contributed by atoms with van der Waals surface area (Å²) in [5, 5.41) is 7.25. The molecule has 3 heterocycles. The van der Waals surface area contributed by atoms with Crippen molar-refractivity contribution in [2.45, 2.75) is 26.7 Å². The van der Waals surface area contributed by atoms with Gasteiger partial charge in [0.1, 0.15) is 11.2 Å². The molecule has 11 rings (SSSR count). The van der Waals surface area contributed by atoms with Crippen LogP contribution in [-0.4, -0.2) is 14.5 Å². The predicted octanol–water partition coefficient (Wildman–Crippen LogP) is 15.0. The van der Waals surface area contributed by atoms with Crippen molar-refractivity contribution in [3.8, 4) is 39.5 Å². The summed E-state index contributed by atoms with van der Waals surface area (Å²) in [4.78, 5) is 10.3. The van der Waals surface area contributed by atoms with Crippen LogP contribution in [0.4, 0.5) is 0 Å². The van der Waals surface area contributed by atoms with Gasteiger partial charge >= 0.3 is 0 Å². The molecule has 3 aromatic heterocycles. The van der Waals surface area contributed by atoms with Gasteiger partial charge in [0, 0.05) is 49.6 Å². The lowest BCUT2D eigenvalue weighted by Crippen LogP contribution is -2.00. The lowest BCUT2D eigenvalue weighted by molar-refractivity contribution is 0.670. The maximum absolute atomic E-state index is 6.35. The maximum atomic E-state index is 6.35. The SMILES string of the molecule is C1=Cc2c(c3c4ccccc4ccc3n2-c2ccc(-c3nc(-c4ccc(-c5cccc6c5oc5ccccc56)cc4)c4ccccc4n3)cc2)CC1.C=CC=C.CC. The van der Waals surface area contributed by atoms with Crippen LogP contribution >= 0.6 is 0 Å². The Kier molecular flexibility index (Phi) is 9.83. The smallest absolute Gasteiger partial charge is 0.160 e. The number of aromatic nitrogens is 3. The van der Waals surface area contributed by atoms with Crippen molar-refractivity contribution in [2.75, 3.05) is 0 Å². The van der Waals surface area contributed by atoms with Crippen molar-refractivity contribution in [1.29, 1.82) is 0 Å². The first kappa shape index (κ1) is 36.3. The summed E-state index contributed by atoms with van der Waals surface area (Å²) < 4.78 is 8.76. The van der Waals surface area contributed by atoms with Gasteiger partial charge in [-0.25, -0.2) is 9.97 Å². The molecule has 0 radical (unpaired) electrons. The van der Waals surface area contributed by atoms with Crippen molar-refractivity contribution < 1.29 is 4.42 Å². The van der Waals surface area contributed by atoms with Crippen LogP contribution in [0.2, 0.25) is 0 Å². The van der Waals surface area contributed by atoms with Crippen LogP contribution in [0.15, 0.2) is 187 Å². The molecule has 0 aliphatic heterocycles. The Morgan fingerprint density at radius 3 is 2.07 bits per heavy atom. The third-order valence-corrected chi connectivity index (χ3v) is 10.9. The van der Waals surface area contributed by atoms with Crippen LogP contribution in [0.1, 0.15) is 31.5 Å². The molecule has 0 saturated heterocycles. The van der Waals surface area contributed by atoms with Gasteiger partial charge in [-0.3, -0.25) is 0 Å². The van der Waals surface area contributed by atoms with Crippen LogP contribution in [0.25, 0.3) is 100 Å². The molecule has 0 unspecified atom stereocenters. The third-order valence-electron chi connectivity index (χ3n) is 10.9. The molecule has 1 aliphatic rings. The number of hydrogen-bond acceptors (Lipinski definition) is 3. The molecule has 7 aromatic carbocycles. The Bertz CT molecular complexity index is 3160. The van der Waals surface area contributed by atoms with Crippen molar-refractivity contribution >= 4 is 60.6 Å². The third kappa shape index (κ3) is 6.29. The summed E-state index contributed by atoms with van der Waals surface area (Å²) in [5.74, 6) is 0.710. The lowest BCUT2D eigenvalue weighted by atomic mass is 9.97. The summed E-state index contributed by atoms with van der Waals surface area (Å²) in [5.41, 5.74) is 12.9. The molecule has 0 spiro atoms. The van der Waals surface area contributed by atoms with E-state index in [2.05, 4.69) is 163 Å². The number of para-hydroxylation sites is 3. The topological polar surface area (TPSA) is 43.9 Å². The number of hydrogen-bond donors (Lipinski definition) is 0. The molecular formula is C54H43N3O. The number of rotatable bonds is 5. The van der Waals surface area contributed by atoms with Gasteiger partial charge in [0.2, 0.25) is 0 Å². The van der Waals surface area contributed by atoms with Crippen LogP contribution < -0.4 is 0 Å². The van der Waals surface area contributed by atoms with E-state index in [9.17, 15) is 0 Å². The average Bonchev–Trinajstić information content (AvgIpc) is 3.86. The second kappa shape index (κ2) is 15.7. The van der Waals surface area contributed by atoms with E-state index in [4.69, 9.17) is 14.4 Å². The molecule has 0 atom stereocenters. The highest BCUT2D eigenvalue weighted by Crippen LogP contribution is 2.40. The quantitative estimate of drug-likeness (QED) is 0.165. The van der Waals surface area contributed by atoms with E-state index in [0.29, 0.717) is 5.82 Å². The van der Waals surface area contributed by atoms with Crippen LogP contribution in [-0.2, 0) is 6.42 Å². The zero-order chi connectivity index (χ0) is 39.6. The van der Waals surface area contributed by atoms with E-state index < -0.39 is 0 Å². The number of nitrogens with zero attached hydrogens (tertiary/aromatic N) is 3. The van der Waals surface area contributed by atoms with Gasteiger partial charge < -0.3 is 8.98 Å². The minimum atomic E-state index is 0.710. The summed E-state index contributed by atoms with van der Waals surface area (Å²) in [6.07, 6.45) is 9.98. The number of aryl methyl sites for hydroxylation is 1. The van der Waals surface area contributed by atoms with Crippen LogP contribution in [0.3, 0.4) is 0 Å². The zero-order valence-corrected chi connectivity index (χ0v) is 32.8. The molecule has 0 N–H and O–H groups in total. The fourth-order valence-corrected chi connectivity index (χ4v) is 8.25. The van der Waals surface area contributed by atoms with Gasteiger partial charge in [-0.05, 0) is 83.3 Å². The largest absolute Gasteiger partial charge is 0.455 e. The Labute approximate surface area is 338 Å². The highest BCUT2D eigenvalue weighted by atomic mass is 16.3. The van der Waals surface area contributed by atoms with Crippen LogP contribution in [0.5, 0.6) is 0 Å². The van der Waals surface area contributed by atoms with E-state index in [1.807, 2.05) is 32.0 Å². The minimum Gasteiger partial charge on any atom is -0.455 e. The maximum Gasteiger partial charge on any atom is 0.160 e. The van der Waals surface area contributed by atoms with Gasteiger partial charge in [-0.2, -0.15) is 0 Å². The first-order valence-corrected chi connectivity index (χ1v) is 20.0. The van der Waals surface area contributed by atoms with Gasteiger partial charge in [-0.1, -0.05) is 154 Å². The summed E-state index contributed by atoms with van der Waals surface area (Å²) in [7, 11) is 0. The van der Waals surface area contributed by atoms with E-state index in [-0.39, 0.29) is 0 Å². The molecule has 10 aromatic rings. The molecule has 0 amide bonds. The van der Waals surface area contributed by atoms with Crippen LogP contribution in [0, 0.1) is 0 Å². The summed E-state index contributed by atoms with van der Waals surface area (Å²) >= 11 is 0. The highest BCUT2D eigenvalue weighted by molar-refractivity contribution is 6.11. The Hall–Kier alpha value is -7.30. The molecule has 4 nitrogen and oxygen atoms in total. The molecule has 58 heavy (non-hydrogen) atoms. The normalized spacial score (nSPS) is 11.9. The Morgan fingerprint density at radius 1 is 0.603 bits per heavy atom. The Morgan fingerprint density at radius 2 is 1.28 bits per heavy atom. The monoisotopic (exact) mass is 749 g/mol. The first-order valence-electron chi connectivity index (χ1n) is 20.0. The average molecular weight is 750 g/mol. The van der Waals surface area contributed by atoms with Gasteiger partial charge in [0.25, 0.3) is 0 Å². The van der Waals surface area contributed by atoms with Crippen molar-refractivity contribution in [2.24, 2.45) is 0 Å². The molecule has 280 valence electrons. The molecule has 0 saturated carbocycles. The molecule has 4 heteroatoms. The number of allylic oxidation sites excluding steroid dienone is 3. The minimum absolute atomic E-state index is 0.710. The fraction of sp³-hybridized carbons (Fsp3) is 0.0741. The molecular weight excluding hydrogens is 707 g/mol. The molecule has 1 aliphatic carbocycles. The van der Waals surface area contributed by atoms with E-state index in [1.165, 1.54) is 32.9 Å². The lowest BCUT2D eigenvalue weighted by Gasteiger charge is -2.13. The molecule has 0 bridgehead atoms. The second-order valence-corrected chi connectivity index (χ2v) is 14.1. The summed E-state index contributed by atoms with van der Waals surface area (Å²) in [6, 6.07) is 53.5. The Balaban J connectivity index is 0.000000687. The molecule has 0 fully saturated rings. The van der Waals surface area contributed by atoms with Crippen molar-refractivity contribution in [3.05, 3.63) is 194 Å². The fourth-order valence-electron chi connectivity index (χ4n) is 8.25. The standard InChI is InChI=1S/C48H31N3O.C4H6.C2H6/c1-2-11-35-30(10-1)26-29-43-45(35)40-14-4-7-18-42(40)51(43)34-27-24-33(25-28-34)48-49-41-17-6-3-13-39(41)46(50-48)32-22-20-31(21-23-32)36-15-9-16-38-37-12-5-8-19-44(37)52-47(36)38;1-3-4-2;1-2/h1-3,5-13,15-29H,4,14H2;3-4H,1-2H2;1-2H3. The summed E-state index contributed by atoms with van der Waals surface area (Å²) in [6.45, 7) is 10.7. The number of furan rings is 1. The van der Waals surface area contributed by atoms with E-state index in [0.717, 1.165) is 79.3 Å². The number of benzene rings is 7. The van der Waals surface area contributed by atoms with Gasteiger partial charge in [-0.15, -0.1) is 0 Å². The first-order chi connectivity index (χ1) is 28.7. The van der Waals surface area contributed by atoms with Gasteiger partial charge in [0.05, 0.1) is 16.7 Å². The van der Waals surface area contributed by atoms with Crippen molar-refractivity contribution in [1.82, 2.24) is 14.5 Å².